The van der Waals surface area contributed by atoms with Crippen LogP contribution in [-0.4, -0.2) is 17.1 Å². The second kappa shape index (κ2) is 4.45. The van der Waals surface area contributed by atoms with Crippen LogP contribution in [0.1, 0.15) is 0 Å². The van der Waals surface area contributed by atoms with E-state index in [-0.39, 0.29) is 5.69 Å². The van der Waals surface area contributed by atoms with Crippen molar-refractivity contribution in [3.05, 3.63) is 35.5 Å². The van der Waals surface area contributed by atoms with Crippen molar-refractivity contribution < 1.29 is 18.0 Å². The van der Waals surface area contributed by atoms with Gasteiger partial charge in [-0.05, 0) is 24.3 Å². The van der Waals surface area contributed by atoms with E-state index in [1.165, 1.54) is 24.4 Å². The molecule has 0 aliphatic heterocycles. The van der Waals surface area contributed by atoms with Crippen LogP contribution in [0.4, 0.5) is 18.9 Å². The molecule has 0 unspecified atom stereocenters. The summed E-state index contributed by atoms with van der Waals surface area (Å²) in [6, 6.07) is 5.75. The van der Waals surface area contributed by atoms with Crippen LogP contribution >= 0.6 is 11.6 Å². The summed E-state index contributed by atoms with van der Waals surface area (Å²) >= 11 is 5.86. The number of benzene rings is 1. The molecule has 18 heavy (non-hydrogen) atoms. The molecule has 1 aromatic carbocycles. The topological polar surface area (TPSA) is 42.0 Å². The van der Waals surface area contributed by atoms with Gasteiger partial charge in [-0.2, -0.15) is 13.2 Å². The summed E-state index contributed by atoms with van der Waals surface area (Å²) in [6.45, 7) is 0. The van der Waals surface area contributed by atoms with Gasteiger partial charge in [0.25, 0.3) is 0 Å². The monoisotopic (exact) mass is 274 g/mol. The summed E-state index contributed by atoms with van der Waals surface area (Å²) in [5.41, 5.74) is 0.351. The SMILES string of the molecule is O=C(Nc1ccc(Cl)c2ncccc12)C(F)(F)F. The third-order valence-corrected chi connectivity index (χ3v) is 2.53. The molecule has 1 aromatic heterocycles. The Morgan fingerprint density at radius 1 is 1.28 bits per heavy atom. The maximum absolute atomic E-state index is 12.2. The molecule has 0 atom stereocenters. The van der Waals surface area contributed by atoms with Crippen LogP contribution in [0.5, 0.6) is 0 Å². The molecule has 0 saturated carbocycles. The summed E-state index contributed by atoms with van der Waals surface area (Å²) in [6.07, 6.45) is -3.47. The zero-order valence-corrected chi connectivity index (χ0v) is 9.51. The molecule has 0 bridgehead atoms. The van der Waals surface area contributed by atoms with Crippen LogP contribution < -0.4 is 5.32 Å². The molecule has 0 fully saturated rings. The normalized spacial score (nSPS) is 11.6. The quantitative estimate of drug-likeness (QED) is 0.866. The van der Waals surface area contributed by atoms with E-state index in [0.29, 0.717) is 15.9 Å². The first kappa shape index (κ1) is 12.6. The zero-order chi connectivity index (χ0) is 13.3. The van der Waals surface area contributed by atoms with E-state index in [4.69, 9.17) is 11.6 Å². The Labute approximate surface area is 105 Å². The Balaban J connectivity index is 2.47. The van der Waals surface area contributed by atoms with Gasteiger partial charge in [0.15, 0.2) is 0 Å². The van der Waals surface area contributed by atoms with Crippen LogP contribution in [-0.2, 0) is 4.79 Å². The fourth-order valence-electron chi connectivity index (χ4n) is 1.44. The molecule has 7 heteroatoms. The predicted octanol–water partition coefficient (Wildman–Crippen LogP) is 3.39. The fourth-order valence-corrected chi connectivity index (χ4v) is 1.65. The van der Waals surface area contributed by atoms with Crippen LogP contribution in [0.2, 0.25) is 5.02 Å². The number of alkyl halides is 3. The van der Waals surface area contributed by atoms with Crippen molar-refractivity contribution in [3.8, 4) is 0 Å². The third kappa shape index (κ3) is 2.38. The van der Waals surface area contributed by atoms with Gasteiger partial charge in [0.2, 0.25) is 0 Å². The first-order valence-corrected chi connectivity index (χ1v) is 5.19. The van der Waals surface area contributed by atoms with E-state index >= 15 is 0 Å². The maximum atomic E-state index is 12.2. The number of fused-ring (bicyclic) bond motifs is 1. The first-order valence-electron chi connectivity index (χ1n) is 4.81. The van der Waals surface area contributed by atoms with Crippen molar-refractivity contribution >= 4 is 34.1 Å². The highest BCUT2D eigenvalue weighted by Crippen LogP contribution is 2.29. The maximum Gasteiger partial charge on any atom is 0.471 e. The molecule has 2 rings (SSSR count). The summed E-state index contributed by atoms with van der Waals surface area (Å²) in [5.74, 6) is -2.03. The van der Waals surface area contributed by atoms with Gasteiger partial charge in [0.05, 0.1) is 16.2 Å². The molecule has 0 radical (unpaired) electrons. The number of carbonyl (C=O) groups is 1. The summed E-state index contributed by atoms with van der Waals surface area (Å²) in [5, 5.41) is 2.44. The number of nitrogens with zero attached hydrogens (tertiary/aromatic N) is 1. The second-order valence-corrected chi connectivity index (χ2v) is 3.85. The molecule has 94 valence electrons. The predicted molar refractivity (Wildman–Crippen MR) is 61.4 cm³/mol. The Kier molecular flexibility index (Phi) is 3.13. The highest BCUT2D eigenvalue weighted by Gasteiger charge is 2.38. The number of carbonyl (C=O) groups excluding carboxylic acids is 1. The molecule has 1 N–H and O–H groups in total. The molecule has 1 heterocycles. The van der Waals surface area contributed by atoms with E-state index in [1.54, 1.807) is 11.4 Å². The smallest absolute Gasteiger partial charge is 0.318 e. The Morgan fingerprint density at radius 2 is 2.00 bits per heavy atom. The largest absolute Gasteiger partial charge is 0.471 e. The minimum Gasteiger partial charge on any atom is -0.318 e. The summed E-state index contributed by atoms with van der Waals surface area (Å²) < 4.78 is 36.5. The number of hydrogen-bond acceptors (Lipinski definition) is 2. The minimum atomic E-state index is -4.94. The van der Waals surface area contributed by atoms with Gasteiger partial charge in [-0.15, -0.1) is 0 Å². The number of rotatable bonds is 1. The average Bonchev–Trinajstić information content (AvgIpc) is 2.32. The summed E-state index contributed by atoms with van der Waals surface area (Å²) in [4.78, 5) is 14.8. The van der Waals surface area contributed by atoms with E-state index in [2.05, 4.69) is 4.98 Å². The lowest BCUT2D eigenvalue weighted by molar-refractivity contribution is -0.167. The molecule has 0 aliphatic rings. The number of hydrogen-bond donors (Lipinski definition) is 1. The van der Waals surface area contributed by atoms with E-state index in [1.807, 2.05) is 0 Å². The van der Waals surface area contributed by atoms with Gasteiger partial charge in [0, 0.05) is 11.6 Å². The van der Waals surface area contributed by atoms with Crippen LogP contribution in [0.25, 0.3) is 10.9 Å². The molecule has 0 spiro atoms. The lowest BCUT2D eigenvalue weighted by Gasteiger charge is -2.10. The van der Waals surface area contributed by atoms with Crippen LogP contribution in [0.15, 0.2) is 30.5 Å². The van der Waals surface area contributed by atoms with Gasteiger partial charge in [-0.1, -0.05) is 11.6 Å². The minimum absolute atomic E-state index is 0.0184. The fraction of sp³-hybridized carbons (Fsp3) is 0.0909. The number of nitrogens with one attached hydrogen (secondary N) is 1. The Bertz CT molecular complexity index is 613. The van der Waals surface area contributed by atoms with E-state index in [0.717, 1.165) is 0 Å². The summed E-state index contributed by atoms with van der Waals surface area (Å²) in [7, 11) is 0. The Hall–Kier alpha value is -1.82. The van der Waals surface area contributed by atoms with Crippen LogP contribution in [0, 0.1) is 0 Å². The standard InChI is InChI=1S/C11H6ClF3N2O/c12-7-3-4-8(17-10(18)11(13,14)15)6-2-1-5-16-9(6)7/h1-5H,(H,17,18). The number of amides is 1. The number of halogens is 4. The van der Waals surface area contributed by atoms with Crippen molar-refractivity contribution in [2.45, 2.75) is 6.18 Å². The molecule has 2 aromatic rings. The van der Waals surface area contributed by atoms with Crippen molar-refractivity contribution in [1.29, 1.82) is 0 Å². The lowest BCUT2D eigenvalue weighted by Crippen LogP contribution is -2.30. The lowest BCUT2D eigenvalue weighted by atomic mass is 10.2. The van der Waals surface area contributed by atoms with Gasteiger partial charge in [-0.25, -0.2) is 0 Å². The van der Waals surface area contributed by atoms with Gasteiger partial charge in [-0.3, -0.25) is 9.78 Å². The average molecular weight is 275 g/mol. The number of pyridine rings is 1. The zero-order valence-electron chi connectivity index (χ0n) is 8.75. The molecular formula is C11H6ClF3N2O. The number of aromatic nitrogens is 1. The first-order chi connectivity index (χ1) is 8.39. The molecule has 0 aliphatic carbocycles. The van der Waals surface area contributed by atoms with Crippen molar-refractivity contribution in [2.24, 2.45) is 0 Å². The van der Waals surface area contributed by atoms with Crippen molar-refractivity contribution in [1.82, 2.24) is 4.98 Å². The van der Waals surface area contributed by atoms with E-state index in [9.17, 15) is 18.0 Å². The van der Waals surface area contributed by atoms with Crippen LogP contribution in [0.3, 0.4) is 0 Å². The van der Waals surface area contributed by atoms with Gasteiger partial charge < -0.3 is 5.32 Å². The van der Waals surface area contributed by atoms with Gasteiger partial charge in [0.1, 0.15) is 0 Å². The van der Waals surface area contributed by atoms with E-state index < -0.39 is 12.1 Å². The molecule has 3 nitrogen and oxygen atoms in total. The third-order valence-electron chi connectivity index (χ3n) is 2.23. The highest BCUT2D eigenvalue weighted by molar-refractivity contribution is 6.35. The molecule has 1 amide bonds. The number of anilines is 1. The van der Waals surface area contributed by atoms with Gasteiger partial charge >= 0.3 is 12.1 Å². The highest BCUT2D eigenvalue weighted by atomic mass is 35.5. The second-order valence-electron chi connectivity index (χ2n) is 3.45. The van der Waals surface area contributed by atoms with Crippen molar-refractivity contribution in [2.75, 3.05) is 5.32 Å². The molecular weight excluding hydrogens is 269 g/mol. The van der Waals surface area contributed by atoms with Crippen molar-refractivity contribution in [3.63, 3.8) is 0 Å². The Morgan fingerprint density at radius 3 is 2.67 bits per heavy atom. The molecule has 0 saturated heterocycles.